The Morgan fingerprint density at radius 3 is 1.26 bits per heavy atom. The van der Waals surface area contributed by atoms with Crippen LogP contribution in [0.5, 0.6) is 5.75 Å². The second kappa shape index (κ2) is 51.3. The molecular weight excluding hydrogens is 1690 g/mol. The van der Waals surface area contributed by atoms with Gasteiger partial charge in [-0.1, -0.05) is 129 Å². The number of carbonyl (C=O) groups is 20. The zero-order chi connectivity index (χ0) is 96.2. The number of aromatic nitrogens is 3. The second-order valence-electron chi connectivity index (χ2n) is 32.0. The molecule has 5 rings (SSSR count). The summed E-state index contributed by atoms with van der Waals surface area (Å²) in [5.74, 6) is -27.6. The summed E-state index contributed by atoms with van der Waals surface area (Å²) in [7, 11) is 0. The van der Waals surface area contributed by atoms with Crippen LogP contribution >= 0.6 is 0 Å². The lowest BCUT2D eigenvalue weighted by atomic mass is 9.94. The number of imidazole rings is 1. The van der Waals surface area contributed by atoms with Crippen molar-refractivity contribution in [2.75, 3.05) is 0 Å². The number of rotatable bonds is 55. The minimum Gasteiger partial charge on any atom is -0.508 e. The largest absolute Gasteiger partial charge is 0.508 e. The Hall–Kier alpha value is -14.4. The molecule has 0 unspecified atom stereocenters. The summed E-state index contributed by atoms with van der Waals surface area (Å²) in [6, 6.07) is -2.70. The van der Waals surface area contributed by atoms with Gasteiger partial charge in [0.05, 0.1) is 19.2 Å². The number of aromatic hydroxyl groups is 1. The van der Waals surface area contributed by atoms with E-state index in [0.29, 0.717) is 23.1 Å². The van der Waals surface area contributed by atoms with Crippen molar-refractivity contribution in [3.8, 4) is 5.75 Å². The van der Waals surface area contributed by atoms with E-state index in [-0.39, 0.29) is 50.0 Å². The molecule has 0 saturated carbocycles. The first-order valence-corrected chi connectivity index (χ1v) is 41.7. The van der Waals surface area contributed by atoms with Crippen molar-refractivity contribution < 1.29 is 132 Å². The molecule has 0 aliphatic carbocycles. The summed E-state index contributed by atoms with van der Waals surface area (Å²) in [6.45, 7) is 15.3. The molecular formula is C85H115N17O27. The Morgan fingerprint density at radius 1 is 0.364 bits per heavy atom. The third-order valence-electron chi connectivity index (χ3n) is 20.8. The van der Waals surface area contributed by atoms with E-state index >= 15 is 0 Å². The number of aromatic amines is 2. The molecule has 44 heteroatoms. The van der Waals surface area contributed by atoms with Gasteiger partial charge in [0, 0.05) is 67.5 Å². The Bertz CT molecular complexity index is 4790. The average Bonchev–Trinajstić information content (AvgIpc) is 1.70. The maximum atomic E-state index is 14.9. The average molecular weight is 1810 g/mol. The lowest BCUT2D eigenvalue weighted by Gasteiger charge is -2.31. The topological polar surface area (TPSA) is 696 Å². The van der Waals surface area contributed by atoms with Gasteiger partial charge in [-0.15, -0.1) is 0 Å². The van der Waals surface area contributed by atoms with Crippen molar-refractivity contribution in [3.05, 3.63) is 120 Å². The Labute approximate surface area is 740 Å². The molecule has 2 heterocycles. The van der Waals surface area contributed by atoms with Crippen LogP contribution in [0.2, 0.25) is 0 Å². The highest BCUT2D eigenvalue weighted by Gasteiger charge is 2.41. The van der Waals surface area contributed by atoms with Crippen LogP contribution in [0.1, 0.15) is 156 Å². The predicted molar refractivity (Wildman–Crippen MR) is 456 cm³/mol. The van der Waals surface area contributed by atoms with E-state index in [1.54, 1.807) is 102 Å². The number of amides is 14. The first kappa shape index (κ1) is 105. The highest BCUT2D eigenvalue weighted by Crippen LogP contribution is 2.22. The Morgan fingerprint density at radius 2 is 0.760 bits per heavy atom. The molecule has 0 spiro atoms. The van der Waals surface area contributed by atoms with Gasteiger partial charge in [-0.3, -0.25) is 91.1 Å². The SMILES string of the molecule is CC[C@H](C)[C@H](NC(=O)[C@H](CC(=O)O)NC(=O)[C@H](CC(C)C)NC(=O)[C@H](Cc1cnc[nH]1)NC(=O)[C@H](C)NC(=O)[C@H](Cc1ccccc1)NC(=O)[C@H](Cc1ccc(O)cc1)NC(=O)[C@@H](NC(=O)[C@H](C)NC(=O)[C@H](CCC(=O)O)NC(=O)[C@H](CCC(=O)O)NC(=O)[C@H](CC(=O)O)NC(=O)CC(=O)O)C(C)C)C(=O)N[C@H](C(=O)N[C@@H](Cc1c[nH]c2ccccc12)C(=O)O)[C@@H](C)CC. The van der Waals surface area contributed by atoms with Gasteiger partial charge in [0.1, 0.15) is 96.8 Å². The molecule has 2 aromatic heterocycles. The number of hydrogen-bond donors (Lipinski definition) is 23. The Balaban J connectivity index is 1.35. The molecule has 0 radical (unpaired) electrons. The minimum absolute atomic E-state index is 0.133. The Kier molecular flexibility index (Phi) is 41.8. The molecule has 0 saturated heterocycles. The van der Waals surface area contributed by atoms with Crippen LogP contribution in [-0.2, 0) is 122 Å². The predicted octanol–water partition coefficient (Wildman–Crippen LogP) is -1.27. The first-order chi connectivity index (χ1) is 60.8. The summed E-state index contributed by atoms with van der Waals surface area (Å²) in [5, 5.41) is 103. The smallest absolute Gasteiger partial charge is 0.326 e. The molecule has 702 valence electrons. The standard InChI is InChI=1S/C85H115N17O27/c1-11-43(7)70(83(126)99-62(85(128)129)33-49-38-87-53-21-17-16-20-52(49)53)102-84(127)71(44(8)12-2)101-81(124)61(36-67(111)112)97-77(120)56(30-41(3)4)95-79(122)59(34-50-39-86-40-88-50)94-72(115)45(9)90-76(119)57(31-47-18-14-13-15-19-47)96-78(121)58(32-48-22-24-51(103)25-23-48)98-82(125)69(42(5)6)100-73(116)46(10)89-74(117)54(26-28-64(105)106)92-75(118)55(27-29-65(107)108)93-80(123)60(35-66(109)110)91-63(104)37-68(113)114/h13-25,38-46,54-62,69-71,87,103H,11-12,26-37H2,1-10H3,(H,86,88)(H,89,117)(H,90,119)(H,91,104)(H,92,118)(H,93,123)(H,94,115)(H,95,122)(H,96,121)(H,97,120)(H,98,125)(H,99,126)(H,100,116)(H,101,124)(H,102,127)(H,105,106)(H,107,108)(H,109,110)(H,111,112)(H,113,114)(H,128,129)/t43-,44-,45-,46-,54-,55-,56-,57-,58-,59-,60-,61-,62-,69-,70-,71-/m0/s1. The third-order valence-corrected chi connectivity index (χ3v) is 20.8. The summed E-state index contributed by atoms with van der Waals surface area (Å²) in [4.78, 5) is 280. The van der Waals surface area contributed by atoms with E-state index in [1.807, 2.05) is 5.32 Å². The summed E-state index contributed by atoms with van der Waals surface area (Å²) in [5.41, 5.74) is 2.38. The van der Waals surface area contributed by atoms with Gasteiger partial charge >= 0.3 is 35.8 Å². The number of H-pyrrole nitrogens is 2. The lowest BCUT2D eigenvalue weighted by molar-refractivity contribution is -0.144. The number of phenols is 1. The van der Waals surface area contributed by atoms with Crippen LogP contribution in [0.4, 0.5) is 0 Å². The van der Waals surface area contributed by atoms with Gasteiger partial charge in [0.2, 0.25) is 82.7 Å². The molecule has 0 bridgehead atoms. The minimum atomic E-state index is -2.03. The monoisotopic (exact) mass is 1810 g/mol. The number of nitrogens with one attached hydrogen (secondary N) is 16. The highest BCUT2D eigenvalue weighted by atomic mass is 16.4. The fourth-order valence-electron chi connectivity index (χ4n) is 13.3. The van der Waals surface area contributed by atoms with Gasteiger partial charge in [0.15, 0.2) is 0 Å². The van der Waals surface area contributed by atoms with Crippen molar-refractivity contribution in [3.63, 3.8) is 0 Å². The van der Waals surface area contributed by atoms with Crippen LogP contribution in [0.25, 0.3) is 10.9 Å². The van der Waals surface area contributed by atoms with Crippen LogP contribution in [-0.4, -0.2) is 254 Å². The van der Waals surface area contributed by atoms with Crippen LogP contribution in [0.3, 0.4) is 0 Å². The number of nitrogens with zero attached hydrogens (tertiary/aromatic N) is 1. The second-order valence-corrected chi connectivity index (χ2v) is 32.0. The highest BCUT2D eigenvalue weighted by molar-refractivity contribution is 6.02. The number of carboxylic acids is 6. The maximum absolute atomic E-state index is 14.9. The molecule has 0 aliphatic rings. The lowest BCUT2D eigenvalue weighted by Crippen LogP contribution is -2.62. The molecule has 5 aromatic rings. The van der Waals surface area contributed by atoms with Crippen LogP contribution in [0.15, 0.2) is 97.6 Å². The number of carboxylic acid groups (broad SMARTS) is 6. The molecule has 3 aromatic carbocycles. The summed E-state index contributed by atoms with van der Waals surface area (Å²) >= 11 is 0. The first-order valence-electron chi connectivity index (χ1n) is 41.7. The van der Waals surface area contributed by atoms with E-state index < -0.39 is 272 Å². The summed E-state index contributed by atoms with van der Waals surface area (Å²) in [6.07, 6.45) is -3.12. The van der Waals surface area contributed by atoms with Crippen LogP contribution in [0, 0.1) is 23.7 Å². The van der Waals surface area contributed by atoms with Gasteiger partial charge < -0.3 is 120 Å². The molecule has 0 aliphatic heterocycles. The number of benzene rings is 3. The van der Waals surface area contributed by atoms with Gasteiger partial charge in [-0.05, 0) is 91.7 Å². The fourth-order valence-corrected chi connectivity index (χ4v) is 13.3. The van der Waals surface area contributed by atoms with Crippen molar-refractivity contribution in [2.24, 2.45) is 23.7 Å². The maximum Gasteiger partial charge on any atom is 0.326 e. The van der Waals surface area contributed by atoms with Gasteiger partial charge in [-0.25, -0.2) is 9.78 Å². The zero-order valence-electron chi connectivity index (χ0n) is 72.8. The van der Waals surface area contributed by atoms with Gasteiger partial charge in [-0.2, -0.15) is 0 Å². The van der Waals surface area contributed by atoms with E-state index in [0.717, 1.165) is 17.8 Å². The molecule has 14 amide bonds. The number of hydrogen-bond acceptors (Lipinski definition) is 22. The fraction of sp³-hybridized carbons (Fsp3) is 0.494. The molecule has 44 nitrogen and oxygen atoms in total. The normalized spacial score (nSPS) is 14.9. The van der Waals surface area contributed by atoms with Gasteiger partial charge in [0.25, 0.3) is 0 Å². The number of para-hydroxylation sites is 1. The quantitative estimate of drug-likeness (QED) is 0.0202. The zero-order valence-corrected chi connectivity index (χ0v) is 72.8. The molecule has 0 fully saturated rings. The van der Waals surface area contributed by atoms with Crippen molar-refractivity contribution in [2.45, 2.75) is 244 Å². The number of aliphatic carboxylic acids is 6. The molecule has 129 heavy (non-hydrogen) atoms. The van der Waals surface area contributed by atoms with Crippen LogP contribution < -0.4 is 74.4 Å². The van der Waals surface area contributed by atoms with E-state index in [2.05, 4.69) is 84.1 Å². The third kappa shape index (κ3) is 35.2. The number of fused-ring (bicyclic) bond motifs is 1. The molecule has 23 N–H and O–H groups in total. The van der Waals surface area contributed by atoms with E-state index in [1.165, 1.54) is 57.6 Å². The van der Waals surface area contributed by atoms with Crippen molar-refractivity contribution >= 4 is 129 Å². The number of carbonyl (C=O) groups excluding carboxylic acids is 14. The van der Waals surface area contributed by atoms with Crippen molar-refractivity contribution in [1.29, 1.82) is 0 Å². The van der Waals surface area contributed by atoms with Crippen molar-refractivity contribution in [1.82, 2.24) is 89.4 Å². The molecule has 16 atom stereocenters. The van der Waals surface area contributed by atoms with E-state index in [9.17, 15) is 127 Å². The van der Waals surface area contributed by atoms with E-state index in [4.69, 9.17) is 5.11 Å². The number of phenolic OH excluding ortho intramolecular Hbond substituents is 1. The summed E-state index contributed by atoms with van der Waals surface area (Å²) < 4.78 is 0.